The van der Waals surface area contributed by atoms with Crippen LogP contribution in [-0.2, 0) is 0 Å². The van der Waals surface area contributed by atoms with Crippen molar-refractivity contribution in [2.24, 2.45) is 0 Å². The monoisotopic (exact) mass is 472 g/mol. The number of aryl methyl sites for hydroxylation is 2. The first-order chi connectivity index (χ1) is 17.0. The molecule has 4 aromatic rings. The number of hydrogen-bond donors (Lipinski definition) is 2. The van der Waals surface area contributed by atoms with Crippen molar-refractivity contribution in [1.29, 1.82) is 0 Å². The van der Waals surface area contributed by atoms with Gasteiger partial charge in [0.1, 0.15) is 11.5 Å². The van der Waals surface area contributed by atoms with Gasteiger partial charge in [-0.05, 0) is 44.5 Å². The fourth-order valence-electron chi connectivity index (χ4n) is 3.75. The molecule has 2 N–H and O–H groups in total. The van der Waals surface area contributed by atoms with E-state index in [2.05, 4.69) is 20.6 Å². The van der Waals surface area contributed by atoms with Gasteiger partial charge >= 0.3 is 0 Å². The third kappa shape index (κ3) is 5.66. The standard InChI is InChI=1S/C27H28N4O4/c1-4-11-21(29-25(33)23-18(3)35-27(31-23)20-14-9-6-10-15-20)16-28-24(32)22-17(2)34-26(30-22)19-12-7-5-8-13-19/h5-10,12-15,21H,4,11,16H2,1-3H3,(H,28,32)(H,29,33). The number of rotatable bonds is 9. The van der Waals surface area contributed by atoms with E-state index in [0.29, 0.717) is 29.7 Å². The van der Waals surface area contributed by atoms with Crippen LogP contribution < -0.4 is 10.6 Å². The van der Waals surface area contributed by atoms with Crippen LogP contribution in [0.1, 0.15) is 52.3 Å². The Morgan fingerprint density at radius 1 is 0.800 bits per heavy atom. The zero-order valence-corrected chi connectivity index (χ0v) is 20.0. The second-order valence-electron chi connectivity index (χ2n) is 8.25. The van der Waals surface area contributed by atoms with E-state index in [4.69, 9.17) is 8.83 Å². The van der Waals surface area contributed by atoms with E-state index in [1.165, 1.54) is 0 Å². The summed E-state index contributed by atoms with van der Waals surface area (Å²) in [6, 6.07) is 18.5. The summed E-state index contributed by atoms with van der Waals surface area (Å²) in [4.78, 5) is 34.5. The molecule has 1 atom stereocenters. The lowest BCUT2D eigenvalue weighted by atomic mass is 10.1. The summed E-state index contributed by atoms with van der Waals surface area (Å²) in [7, 11) is 0. The van der Waals surface area contributed by atoms with Gasteiger partial charge in [0.25, 0.3) is 11.8 Å². The maximum Gasteiger partial charge on any atom is 0.273 e. The number of amides is 2. The van der Waals surface area contributed by atoms with E-state index in [-0.39, 0.29) is 35.8 Å². The fourth-order valence-corrected chi connectivity index (χ4v) is 3.75. The minimum Gasteiger partial charge on any atom is -0.441 e. The molecule has 8 heteroatoms. The maximum atomic E-state index is 13.0. The van der Waals surface area contributed by atoms with Crippen molar-refractivity contribution in [1.82, 2.24) is 20.6 Å². The first-order valence-corrected chi connectivity index (χ1v) is 11.6. The Morgan fingerprint density at radius 3 is 1.77 bits per heavy atom. The average Bonchev–Trinajstić information content (AvgIpc) is 3.46. The van der Waals surface area contributed by atoms with E-state index in [1.807, 2.05) is 67.6 Å². The Kier molecular flexibility index (Phi) is 7.40. The van der Waals surface area contributed by atoms with E-state index >= 15 is 0 Å². The number of benzene rings is 2. The molecule has 2 heterocycles. The largest absolute Gasteiger partial charge is 0.441 e. The minimum atomic E-state index is -0.354. The normalized spacial score (nSPS) is 11.7. The lowest BCUT2D eigenvalue weighted by molar-refractivity contribution is 0.0900. The predicted octanol–water partition coefficient (Wildman–Crippen LogP) is 4.94. The molecule has 0 radical (unpaired) electrons. The average molecular weight is 473 g/mol. The lowest BCUT2D eigenvalue weighted by Gasteiger charge is -2.18. The van der Waals surface area contributed by atoms with Crippen molar-refractivity contribution < 1.29 is 18.4 Å². The van der Waals surface area contributed by atoms with Gasteiger partial charge in [0.05, 0.1) is 0 Å². The molecule has 0 saturated heterocycles. The quantitative estimate of drug-likeness (QED) is 0.357. The topological polar surface area (TPSA) is 110 Å². The van der Waals surface area contributed by atoms with Crippen LogP contribution in [-0.4, -0.2) is 34.4 Å². The van der Waals surface area contributed by atoms with Crippen LogP contribution in [0.4, 0.5) is 0 Å². The molecule has 0 aliphatic rings. The zero-order valence-electron chi connectivity index (χ0n) is 20.0. The van der Waals surface area contributed by atoms with Crippen LogP contribution in [0.15, 0.2) is 69.5 Å². The van der Waals surface area contributed by atoms with Crippen LogP contribution in [0, 0.1) is 13.8 Å². The van der Waals surface area contributed by atoms with Gasteiger partial charge in [0, 0.05) is 23.7 Å². The molecule has 2 aromatic heterocycles. The molecule has 180 valence electrons. The Morgan fingerprint density at radius 2 is 1.29 bits per heavy atom. The van der Waals surface area contributed by atoms with Gasteiger partial charge in [-0.3, -0.25) is 9.59 Å². The van der Waals surface area contributed by atoms with Crippen molar-refractivity contribution in [2.75, 3.05) is 6.54 Å². The number of nitrogens with zero attached hydrogens (tertiary/aromatic N) is 2. The SMILES string of the molecule is CCCC(CNC(=O)c1nc(-c2ccccc2)oc1C)NC(=O)c1nc(-c2ccccc2)oc1C. The second kappa shape index (κ2) is 10.8. The third-order valence-corrected chi connectivity index (χ3v) is 5.55. The first-order valence-electron chi connectivity index (χ1n) is 11.6. The maximum absolute atomic E-state index is 13.0. The highest BCUT2D eigenvalue weighted by Crippen LogP contribution is 2.22. The summed E-state index contributed by atoms with van der Waals surface area (Å²) >= 11 is 0. The summed E-state index contributed by atoms with van der Waals surface area (Å²) in [5.41, 5.74) is 2.05. The van der Waals surface area contributed by atoms with E-state index in [1.54, 1.807) is 13.8 Å². The van der Waals surface area contributed by atoms with Gasteiger partial charge in [0.2, 0.25) is 11.8 Å². The number of carbonyl (C=O) groups is 2. The molecule has 0 saturated carbocycles. The molecule has 35 heavy (non-hydrogen) atoms. The fraction of sp³-hybridized carbons (Fsp3) is 0.259. The van der Waals surface area contributed by atoms with Crippen LogP contribution in [0.3, 0.4) is 0 Å². The number of hydrogen-bond acceptors (Lipinski definition) is 6. The minimum absolute atomic E-state index is 0.227. The molecule has 2 amide bonds. The van der Waals surface area contributed by atoms with Gasteiger partial charge in [-0.1, -0.05) is 49.7 Å². The van der Waals surface area contributed by atoms with Crippen molar-refractivity contribution in [3.63, 3.8) is 0 Å². The number of oxazole rings is 2. The van der Waals surface area contributed by atoms with Crippen molar-refractivity contribution >= 4 is 11.8 Å². The summed E-state index contributed by atoms with van der Waals surface area (Å²) in [6.07, 6.45) is 1.51. The Hall–Kier alpha value is -4.20. The van der Waals surface area contributed by atoms with Gasteiger partial charge in [-0.25, -0.2) is 9.97 Å². The number of aromatic nitrogens is 2. The Bertz CT molecular complexity index is 1300. The van der Waals surface area contributed by atoms with Crippen LogP contribution in [0.2, 0.25) is 0 Å². The summed E-state index contributed by atoms with van der Waals surface area (Å²) < 4.78 is 11.4. The van der Waals surface area contributed by atoms with Crippen LogP contribution >= 0.6 is 0 Å². The number of carbonyl (C=O) groups excluding carboxylic acids is 2. The molecule has 0 spiro atoms. The van der Waals surface area contributed by atoms with Gasteiger partial charge in [0.15, 0.2) is 11.4 Å². The summed E-state index contributed by atoms with van der Waals surface area (Å²) in [6.45, 7) is 5.68. The number of nitrogens with one attached hydrogen (secondary N) is 2. The van der Waals surface area contributed by atoms with E-state index in [0.717, 1.165) is 17.5 Å². The molecule has 0 aliphatic carbocycles. The van der Waals surface area contributed by atoms with Crippen molar-refractivity contribution in [3.05, 3.63) is 83.6 Å². The molecule has 0 fully saturated rings. The second-order valence-corrected chi connectivity index (χ2v) is 8.25. The van der Waals surface area contributed by atoms with Crippen LogP contribution in [0.5, 0.6) is 0 Å². The molecule has 0 aliphatic heterocycles. The van der Waals surface area contributed by atoms with E-state index in [9.17, 15) is 9.59 Å². The predicted molar refractivity (Wildman–Crippen MR) is 132 cm³/mol. The Balaban J connectivity index is 1.41. The van der Waals surface area contributed by atoms with Gasteiger partial charge < -0.3 is 19.5 Å². The first kappa shape index (κ1) is 23.9. The molecular weight excluding hydrogens is 444 g/mol. The van der Waals surface area contributed by atoms with Crippen molar-refractivity contribution in [2.45, 2.75) is 39.7 Å². The summed E-state index contributed by atoms with van der Waals surface area (Å²) in [5.74, 6) is 0.959. The smallest absolute Gasteiger partial charge is 0.273 e. The highest BCUT2D eigenvalue weighted by Gasteiger charge is 2.23. The molecule has 8 nitrogen and oxygen atoms in total. The van der Waals surface area contributed by atoms with Gasteiger partial charge in [-0.2, -0.15) is 0 Å². The lowest BCUT2D eigenvalue weighted by Crippen LogP contribution is -2.44. The highest BCUT2D eigenvalue weighted by atomic mass is 16.4. The molecule has 1 unspecified atom stereocenters. The molecular formula is C27H28N4O4. The van der Waals surface area contributed by atoms with E-state index < -0.39 is 0 Å². The van der Waals surface area contributed by atoms with Gasteiger partial charge in [-0.15, -0.1) is 0 Å². The third-order valence-electron chi connectivity index (χ3n) is 5.55. The summed E-state index contributed by atoms with van der Waals surface area (Å²) in [5, 5.41) is 5.84. The van der Waals surface area contributed by atoms with Crippen LogP contribution in [0.25, 0.3) is 22.9 Å². The van der Waals surface area contributed by atoms with Crippen molar-refractivity contribution in [3.8, 4) is 22.9 Å². The molecule has 2 aromatic carbocycles. The molecule has 4 rings (SSSR count). The Labute approximate surface area is 203 Å². The highest BCUT2D eigenvalue weighted by molar-refractivity contribution is 5.95. The molecule has 0 bridgehead atoms. The zero-order chi connectivity index (χ0) is 24.8.